The maximum atomic E-state index is 12.9. The van der Waals surface area contributed by atoms with E-state index in [1.54, 1.807) is 19.1 Å². The van der Waals surface area contributed by atoms with Crippen molar-refractivity contribution in [3.8, 4) is 11.5 Å². The Morgan fingerprint density at radius 2 is 1.76 bits per heavy atom. The van der Waals surface area contributed by atoms with Crippen LogP contribution in [0.5, 0.6) is 11.5 Å². The molecule has 29 heavy (non-hydrogen) atoms. The molecule has 8 heteroatoms. The van der Waals surface area contributed by atoms with Crippen molar-refractivity contribution in [1.82, 2.24) is 15.1 Å². The zero-order valence-corrected chi connectivity index (χ0v) is 16.9. The van der Waals surface area contributed by atoms with Gasteiger partial charge in [-0.25, -0.2) is 4.79 Å². The fraction of sp³-hybridized carbons (Fsp3) is 0.571. The van der Waals surface area contributed by atoms with Gasteiger partial charge in [0.15, 0.2) is 11.5 Å². The lowest BCUT2D eigenvalue weighted by Gasteiger charge is -2.29. The highest BCUT2D eigenvalue weighted by Gasteiger charge is 2.47. The standard InChI is InChI=1S/C21H27N3O5/c1-28-17-10-13-9-16-20(26)23(8-7-19(25)22-15-5-3-4-6-15)21(27)24(16)12-14(13)11-18(17)29-2/h10-11,15-16H,3-9,12H2,1-2H3,(H,22,25)/t16-/m1/s1. The molecule has 1 aromatic rings. The van der Waals surface area contributed by atoms with Crippen molar-refractivity contribution < 1.29 is 23.9 Å². The number of hydrogen-bond donors (Lipinski definition) is 1. The number of ether oxygens (including phenoxy) is 2. The molecule has 1 N–H and O–H groups in total. The van der Waals surface area contributed by atoms with Crippen molar-refractivity contribution in [3.05, 3.63) is 23.3 Å². The van der Waals surface area contributed by atoms with Gasteiger partial charge in [-0.3, -0.25) is 14.5 Å². The van der Waals surface area contributed by atoms with Crippen molar-refractivity contribution in [3.63, 3.8) is 0 Å². The van der Waals surface area contributed by atoms with Gasteiger partial charge in [-0.05, 0) is 36.1 Å². The number of carbonyl (C=O) groups excluding carboxylic acids is 3. The van der Waals surface area contributed by atoms with Gasteiger partial charge in [-0.1, -0.05) is 12.8 Å². The molecule has 156 valence electrons. The minimum Gasteiger partial charge on any atom is -0.493 e. The summed E-state index contributed by atoms with van der Waals surface area (Å²) in [6.07, 6.45) is 4.87. The number of rotatable bonds is 6. The van der Waals surface area contributed by atoms with Crippen LogP contribution in [-0.2, 0) is 22.6 Å². The summed E-state index contributed by atoms with van der Waals surface area (Å²) >= 11 is 0. The second-order valence-electron chi connectivity index (χ2n) is 7.90. The summed E-state index contributed by atoms with van der Waals surface area (Å²) in [5.74, 6) is 0.879. The summed E-state index contributed by atoms with van der Waals surface area (Å²) in [5.41, 5.74) is 1.92. The molecule has 0 bridgehead atoms. The second-order valence-corrected chi connectivity index (χ2v) is 7.90. The van der Waals surface area contributed by atoms with E-state index < -0.39 is 6.04 Å². The van der Waals surface area contributed by atoms with Gasteiger partial charge in [-0.2, -0.15) is 0 Å². The van der Waals surface area contributed by atoms with Gasteiger partial charge in [0.1, 0.15) is 6.04 Å². The lowest BCUT2D eigenvalue weighted by atomic mass is 9.94. The van der Waals surface area contributed by atoms with Crippen LogP contribution in [0.3, 0.4) is 0 Å². The first-order valence-corrected chi connectivity index (χ1v) is 10.2. The summed E-state index contributed by atoms with van der Waals surface area (Å²) < 4.78 is 10.7. The van der Waals surface area contributed by atoms with E-state index in [-0.39, 0.29) is 36.9 Å². The van der Waals surface area contributed by atoms with Crippen LogP contribution >= 0.6 is 0 Å². The molecule has 2 fully saturated rings. The first-order chi connectivity index (χ1) is 14.0. The van der Waals surface area contributed by atoms with Gasteiger partial charge in [0.25, 0.3) is 5.91 Å². The number of hydrogen-bond acceptors (Lipinski definition) is 5. The van der Waals surface area contributed by atoms with Crippen LogP contribution < -0.4 is 14.8 Å². The normalized spacial score (nSPS) is 21.2. The van der Waals surface area contributed by atoms with Crippen LogP contribution in [0.2, 0.25) is 0 Å². The van der Waals surface area contributed by atoms with Crippen molar-refractivity contribution in [2.75, 3.05) is 20.8 Å². The Bertz CT molecular complexity index is 783. The predicted molar refractivity (Wildman–Crippen MR) is 105 cm³/mol. The molecule has 3 aliphatic rings. The zero-order chi connectivity index (χ0) is 20.5. The summed E-state index contributed by atoms with van der Waals surface area (Å²) in [6, 6.07) is 3.12. The van der Waals surface area contributed by atoms with Crippen LogP contribution in [0.15, 0.2) is 12.1 Å². The van der Waals surface area contributed by atoms with Crippen molar-refractivity contribution >= 4 is 17.8 Å². The molecule has 1 aliphatic carbocycles. The lowest BCUT2D eigenvalue weighted by molar-refractivity contribution is -0.129. The van der Waals surface area contributed by atoms with Crippen molar-refractivity contribution in [1.29, 1.82) is 0 Å². The Labute approximate surface area is 170 Å². The quantitative estimate of drug-likeness (QED) is 0.735. The molecule has 0 unspecified atom stereocenters. The SMILES string of the molecule is COc1cc2c(cc1OC)CN1C(=O)N(CCC(=O)NC3CCCC3)C(=O)[C@H]1C2. The van der Waals surface area contributed by atoms with Gasteiger partial charge in [0, 0.05) is 32.0 Å². The van der Waals surface area contributed by atoms with E-state index in [1.165, 1.54) is 4.90 Å². The average Bonchev–Trinajstić information content (AvgIpc) is 3.31. The minimum absolute atomic E-state index is 0.0971. The number of nitrogens with zero attached hydrogens (tertiary/aromatic N) is 2. The molecule has 0 radical (unpaired) electrons. The Balaban J connectivity index is 1.43. The lowest BCUT2D eigenvalue weighted by Crippen LogP contribution is -2.40. The third-order valence-corrected chi connectivity index (χ3v) is 6.15. The van der Waals surface area contributed by atoms with Gasteiger partial charge in [0.05, 0.1) is 14.2 Å². The molecule has 2 heterocycles. The smallest absolute Gasteiger partial charge is 0.327 e. The largest absolute Gasteiger partial charge is 0.493 e. The topological polar surface area (TPSA) is 88.2 Å². The Hall–Kier alpha value is -2.77. The summed E-state index contributed by atoms with van der Waals surface area (Å²) in [4.78, 5) is 40.7. The number of methoxy groups -OCH3 is 2. The van der Waals surface area contributed by atoms with Crippen LogP contribution in [0.25, 0.3) is 0 Å². The van der Waals surface area contributed by atoms with E-state index in [9.17, 15) is 14.4 Å². The summed E-state index contributed by atoms with van der Waals surface area (Å²) in [6.45, 7) is 0.460. The molecular formula is C21H27N3O5. The molecule has 4 amide bonds. The molecular weight excluding hydrogens is 374 g/mol. The number of amides is 4. The number of fused-ring (bicyclic) bond motifs is 2. The van der Waals surface area contributed by atoms with Crippen LogP contribution in [0, 0.1) is 0 Å². The third-order valence-electron chi connectivity index (χ3n) is 6.15. The van der Waals surface area contributed by atoms with E-state index in [0.29, 0.717) is 24.5 Å². The van der Waals surface area contributed by atoms with Gasteiger partial charge >= 0.3 is 6.03 Å². The third kappa shape index (κ3) is 3.63. The molecule has 8 nitrogen and oxygen atoms in total. The van der Waals surface area contributed by atoms with Crippen LogP contribution in [-0.4, -0.2) is 60.5 Å². The predicted octanol–water partition coefficient (Wildman–Crippen LogP) is 1.84. The van der Waals surface area contributed by atoms with E-state index in [2.05, 4.69) is 5.32 Å². The highest BCUT2D eigenvalue weighted by Crippen LogP contribution is 2.37. The molecule has 1 aromatic carbocycles. The summed E-state index contributed by atoms with van der Waals surface area (Å²) in [7, 11) is 3.14. The van der Waals surface area contributed by atoms with E-state index in [1.807, 2.05) is 12.1 Å². The van der Waals surface area contributed by atoms with Crippen LogP contribution in [0.4, 0.5) is 4.79 Å². The Morgan fingerprint density at radius 1 is 1.10 bits per heavy atom. The minimum atomic E-state index is -0.522. The van der Waals surface area contributed by atoms with Gasteiger partial charge in [-0.15, -0.1) is 0 Å². The summed E-state index contributed by atoms with van der Waals surface area (Å²) in [5, 5.41) is 3.01. The first-order valence-electron chi connectivity index (χ1n) is 10.2. The second kappa shape index (κ2) is 7.93. The fourth-order valence-electron chi connectivity index (χ4n) is 4.55. The Kier molecular flexibility index (Phi) is 5.34. The number of benzene rings is 1. The Morgan fingerprint density at radius 3 is 2.41 bits per heavy atom. The zero-order valence-electron chi connectivity index (χ0n) is 16.9. The monoisotopic (exact) mass is 401 g/mol. The molecule has 4 rings (SSSR count). The number of carbonyl (C=O) groups is 3. The highest BCUT2D eigenvalue weighted by molar-refractivity contribution is 6.05. The van der Waals surface area contributed by atoms with Gasteiger partial charge in [0.2, 0.25) is 5.91 Å². The number of urea groups is 1. The maximum Gasteiger partial charge on any atom is 0.327 e. The van der Waals surface area contributed by atoms with Crippen LogP contribution in [0.1, 0.15) is 43.2 Å². The van der Waals surface area contributed by atoms with Crippen molar-refractivity contribution in [2.45, 2.75) is 57.2 Å². The molecule has 2 aliphatic heterocycles. The average molecular weight is 401 g/mol. The van der Waals surface area contributed by atoms with E-state index >= 15 is 0 Å². The van der Waals surface area contributed by atoms with E-state index in [0.717, 1.165) is 36.8 Å². The van der Waals surface area contributed by atoms with E-state index in [4.69, 9.17) is 9.47 Å². The highest BCUT2D eigenvalue weighted by atomic mass is 16.5. The van der Waals surface area contributed by atoms with Crippen molar-refractivity contribution in [2.24, 2.45) is 0 Å². The molecule has 1 atom stereocenters. The first kappa shape index (κ1) is 19.5. The number of nitrogens with one attached hydrogen (secondary N) is 1. The molecule has 0 aromatic heterocycles. The number of imide groups is 1. The molecule has 1 saturated carbocycles. The maximum absolute atomic E-state index is 12.9. The molecule has 1 saturated heterocycles. The fourth-order valence-corrected chi connectivity index (χ4v) is 4.55. The molecule has 0 spiro atoms. The van der Waals surface area contributed by atoms with Gasteiger partial charge < -0.3 is 19.7 Å².